The highest BCUT2D eigenvalue weighted by Crippen LogP contribution is 2.34. The van der Waals surface area contributed by atoms with Crippen molar-refractivity contribution in [1.82, 2.24) is 0 Å². The van der Waals surface area contributed by atoms with Gasteiger partial charge in [-0.05, 0) is 25.0 Å². The summed E-state index contributed by atoms with van der Waals surface area (Å²) in [6.07, 6.45) is 1.78. The van der Waals surface area contributed by atoms with Gasteiger partial charge in [0.25, 0.3) is 0 Å². The lowest BCUT2D eigenvalue weighted by Gasteiger charge is -2.07. The van der Waals surface area contributed by atoms with Crippen molar-refractivity contribution in [3.63, 3.8) is 0 Å². The zero-order chi connectivity index (χ0) is 12.1. The molecule has 1 heterocycles. The summed E-state index contributed by atoms with van der Waals surface area (Å²) >= 11 is 0. The van der Waals surface area contributed by atoms with Gasteiger partial charge in [-0.15, -0.1) is 0 Å². The van der Waals surface area contributed by atoms with Crippen molar-refractivity contribution in [1.29, 1.82) is 5.26 Å². The second kappa shape index (κ2) is 5.55. The van der Waals surface area contributed by atoms with Crippen LogP contribution < -0.4 is 9.47 Å². The van der Waals surface area contributed by atoms with Crippen LogP contribution in [-0.4, -0.2) is 18.3 Å². The molecule has 1 aliphatic rings. The van der Waals surface area contributed by atoms with Gasteiger partial charge in [0.15, 0.2) is 0 Å². The van der Waals surface area contributed by atoms with Gasteiger partial charge in [-0.2, -0.15) is 5.26 Å². The molecule has 0 aromatic heterocycles. The van der Waals surface area contributed by atoms with Crippen molar-refractivity contribution >= 4 is 0 Å². The number of hydrogen-bond donors (Lipinski definition) is 1. The van der Waals surface area contributed by atoms with E-state index in [0.29, 0.717) is 25.4 Å². The molecule has 0 aliphatic carbocycles. The molecule has 0 radical (unpaired) electrons. The van der Waals surface area contributed by atoms with Gasteiger partial charge in [0.05, 0.1) is 12.7 Å². The molecule has 4 heteroatoms. The molecule has 2 rings (SSSR count). The Bertz CT molecular complexity index is 425. The zero-order valence-electron chi connectivity index (χ0n) is 9.56. The fourth-order valence-corrected chi connectivity index (χ4v) is 1.76. The van der Waals surface area contributed by atoms with Crippen LogP contribution in [0.25, 0.3) is 0 Å². The van der Waals surface area contributed by atoms with Crippen molar-refractivity contribution in [2.45, 2.75) is 25.4 Å². The van der Waals surface area contributed by atoms with Crippen LogP contribution in [0.5, 0.6) is 11.5 Å². The second-order valence-electron chi connectivity index (χ2n) is 3.99. The predicted molar refractivity (Wildman–Crippen MR) is 61.9 cm³/mol. The Kier molecular flexibility index (Phi) is 3.84. The first-order valence-electron chi connectivity index (χ1n) is 5.76. The number of nitrogens with zero attached hydrogens (tertiary/aromatic N) is 1. The molecule has 1 atom stereocenters. The molecule has 0 fully saturated rings. The zero-order valence-corrected chi connectivity index (χ0v) is 9.56. The minimum atomic E-state index is -0.519. The largest absolute Gasteiger partial charge is 0.493 e. The van der Waals surface area contributed by atoms with Gasteiger partial charge < -0.3 is 14.6 Å². The summed E-state index contributed by atoms with van der Waals surface area (Å²) in [5.74, 6) is 1.45. The second-order valence-corrected chi connectivity index (χ2v) is 3.99. The van der Waals surface area contributed by atoms with Crippen LogP contribution in [0.15, 0.2) is 18.2 Å². The molecule has 17 heavy (non-hydrogen) atoms. The lowest BCUT2D eigenvalue weighted by atomic mass is 10.1. The van der Waals surface area contributed by atoms with E-state index in [-0.39, 0.29) is 0 Å². The van der Waals surface area contributed by atoms with E-state index in [4.69, 9.17) is 14.7 Å². The molecule has 0 saturated carbocycles. The van der Waals surface area contributed by atoms with Gasteiger partial charge in [-0.1, -0.05) is 0 Å². The Morgan fingerprint density at radius 3 is 3.18 bits per heavy atom. The first kappa shape index (κ1) is 11.7. The number of fused-ring (bicyclic) bond motifs is 1. The summed E-state index contributed by atoms with van der Waals surface area (Å²) in [7, 11) is 0. The molecular formula is C13H15NO3. The number of rotatable bonds is 5. The van der Waals surface area contributed by atoms with Crippen molar-refractivity contribution in [2.24, 2.45) is 0 Å². The minimum Gasteiger partial charge on any atom is -0.493 e. The summed E-state index contributed by atoms with van der Waals surface area (Å²) < 4.78 is 10.9. The average molecular weight is 233 g/mol. The Labute approximate surface area is 100 Å². The smallest absolute Gasteiger partial charge is 0.129 e. The molecule has 1 unspecified atom stereocenters. The standard InChI is InChI=1S/C13H15NO3/c14-6-2-1-3-7-16-10-4-5-11-12(15)9-17-13(11)8-10/h4-5,8,12,15H,1-3,7,9H2. The van der Waals surface area contributed by atoms with E-state index >= 15 is 0 Å². The lowest BCUT2D eigenvalue weighted by Crippen LogP contribution is -1.97. The number of aliphatic hydroxyl groups is 1. The number of unbranched alkanes of at least 4 members (excludes halogenated alkanes) is 2. The molecule has 0 saturated heterocycles. The van der Waals surface area contributed by atoms with Gasteiger partial charge in [0.1, 0.15) is 24.2 Å². The van der Waals surface area contributed by atoms with Gasteiger partial charge in [0, 0.05) is 18.1 Å². The van der Waals surface area contributed by atoms with Crippen molar-refractivity contribution in [3.8, 4) is 17.6 Å². The van der Waals surface area contributed by atoms with E-state index in [2.05, 4.69) is 6.07 Å². The van der Waals surface area contributed by atoms with E-state index in [1.165, 1.54) is 0 Å². The highest BCUT2D eigenvalue weighted by Gasteiger charge is 2.21. The number of aliphatic hydroxyl groups excluding tert-OH is 1. The number of hydrogen-bond acceptors (Lipinski definition) is 4. The minimum absolute atomic E-state index is 0.320. The highest BCUT2D eigenvalue weighted by atomic mass is 16.5. The van der Waals surface area contributed by atoms with Crippen LogP contribution in [0.3, 0.4) is 0 Å². The molecule has 0 bridgehead atoms. The summed E-state index contributed by atoms with van der Waals surface area (Å²) in [5.41, 5.74) is 0.821. The van der Waals surface area contributed by atoms with Gasteiger partial charge in [0.2, 0.25) is 0 Å². The summed E-state index contributed by atoms with van der Waals surface area (Å²) in [6.45, 7) is 0.921. The quantitative estimate of drug-likeness (QED) is 0.792. The first-order valence-corrected chi connectivity index (χ1v) is 5.76. The van der Waals surface area contributed by atoms with Gasteiger partial charge in [-0.25, -0.2) is 0 Å². The molecule has 0 amide bonds. The molecule has 4 nitrogen and oxygen atoms in total. The van der Waals surface area contributed by atoms with E-state index in [1.54, 1.807) is 6.07 Å². The molecule has 90 valence electrons. The molecule has 1 aliphatic heterocycles. The SMILES string of the molecule is N#CCCCCOc1ccc2c(c1)OCC2O. The van der Waals surface area contributed by atoms with Crippen LogP contribution in [0, 0.1) is 11.3 Å². The third kappa shape index (κ3) is 2.89. The molecule has 0 spiro atoms. The number of nitriles is 1. The fraction of sp³-hybridized carbons (Fsp3) is 0.462. The molecule has 1 aromatic carbocycles. The summed E-state index contributed by atoms with van der Waals surface area (Å²) in [5, 5.41) is 17.9. The number of ether oxygens (including phenoxy) is 2. The predicted octanol–water partition coefficient (Wildman–Crippen LogP) is 2.19. The summed E-state index contributed by atoms with van der Waals surface area (Å²) in [6, 6.07) is 7.57. The molecule has 1 N–H and O–H groups in total. The average Bonchev–Trinajstić information content (AvgIpc) is 2.71. The van der Waals surface area contributed by atoms with E-state index < -0.39 is 6.10 Å². The maximum absolute atomic E-state index is 9.55. The Hall–Kier alpha value is -1.73. The third-order valence-electron chi connectivity index (χ3n) is 2.69. The van der Waals surface area contributed by atoms with Crippen molar-refractivity contribution in [2.75, 3.05) is 13.2 Å². The van der Waals surface area contributed by atoms with Crippen LogP contribution in [0.2, 0.25) is 0 Å². The van der Waals surface area contributed by atoms with Crippen LogP contribution in [-0.2, 0) is 0 Å². The fourth-order valence-electron chi connectivity index (χ4n) is 1.76. The van der Waals surface area contributed by atoms with E-state index in [0.717, 1.165) is 24.2 Å². The first-order chi connectivity index (χ1) is 8.31. The molecule has 1 aromatic rings. The maximum Gasteiger partial charge on any atom is 0.129 e. The molecular weight excluding hydrogens is 218 g/mol. The topological polar surface area (TPSA) is 62.5 Å². The lowest BCUT2D eigenvalue weighted by molar-refractivity contribution is 0.140. The normalized spacial score (nSPS) is 17.1. The number of benzene rings is 1. The van der Waals surface area contributed by atoms with Crippen molar-refractivity contribution in [3.05, 3.63) is 23.8 Å². The maximum atomic E-state index is 9.55. The van der Waals surface area contributed by atoms with Crippen LogP contribution in [0.1, 0.15) is 30.9 Å². The van der Waals surface area contributed by atoms with Gasteiger partial charge >= 0.3 is 0 Å². The third-order valence-corrected chi connectivity index (χ3v) is 2.69. The van der Waals surface area contributed by atoms with Crippen molar-refractivity contribution < 1.29 is 14.6 Å². The van der Waals surface area contributed by atoms with Crippen LogP contribution in [0.4, 0.5) is 0 Å². The van der Waals surface area contributed by atoms with Gasteiger partial charge in [-0.3, -0.25) is 0 Å². The Morgan fingerprint density at radius 2 is 2.35 bits per heavy atom. The monoisotopic (exact) mass is 233 g/mol. The van der Waals surface area contributed by atoms with Crippen LogP contribution >= 0.6 is 0 Å². The Balaban J connectivity index is 1.85. The highest BCUT2D eigenvalue weighted by molar-refractivity contribution is 5.44. The van der Waals surface area contributed by atoms with E-state index in [9.17, 15) is 5.11 Å². The van der Waals surface area contributed by atoms with E-state index in [1.807, 2.05) is 12.1 Å². The summed E-state index contributed by atoms with van der Waals surface area (Å²) in [4.78, 5) is 0. The Morgan fingerprint density at radius 1 is 1.47 bits per heavy atom.